The van der Waals surface area contributed by atoms with Crippen LogP contribution in [0.3, 0.4) is 0 Å². The van der Waals surface area contributed by atoms with Crippen molar-refractivity contribution in [3.63, 3.8) is 0 Å². The van der Waals surface area contributed by atoms with Crippen molar-refractivity contribution in [2.45, 2.75) is 26.2 Å². The Morgan fingerprint density at radius 2 is 1.86 bits per heavy atom. The highest BCUT2D eigenvalue weighted by atomic mass is 16.4. The molecule has 152 valence electrons. The van der Waals surface area contributed by atoms with Crippen LogP contribution in [0.25, 0.3) is 0 Å². The number of anilines is 2. The van der Waals surface area contributed by atoms with Gasteiger partial charge in [0.1, 0.15) is 0 Å². The van der Waals surface area contributed by atoms with Crippen LogP contribution in [-0.2, 0) is 9.59 Å². The van der Waals surface area contributed by atoms with Gasteiger partial charge in [-0.3, -0.25) is 14.5 Å². The van der Waals surface area contributed by atoms with Crippen molar-refractivity contribution in [1.29, 1.82) is 0 Å². The number of nitrogens with one attached hydrogen (secondary N) is 2. The van der Waals surface area contributed by atoms with Gasteiger partial charge in [0.05, 0.1) is 17.8 Å². The van der Waals surface area contributed by atoms with Crippen molar-refractivity contribution in [3.8, 4) is 0 Å². The number of benzene rings is 1. The van der Waals surface area contributed by atoms with Gasteiger partial charge in [-0.25, -0.2) is 4.79 Å². The van der Waals surface area contributed by atoms with Gasteiger partial charge in [0, 0.05) is 44.3 Å². The Kier molecular flexibility index (Phi) is 6.51. The Balaban J connectivity index is 1.59. The largest absolute Gasteiger partial charge is 0.478 e. The minimum absolute atomic E-state index is 0.0175. The standard InChI is InChI=1S/C20H28N4O4/c1-2-7-21-18(25)13-23-8-10-24(11-9-23)15-5-6-17(16(12-15)20(27)28)22-19(26)14-3-4-14/h5-6,12,14H,2-4,7-11,13H2,1H3,(H,21,25)(H,22,26)(H,27,28). The van der Waals surface area contributed by atoms with E-state index in [1.165, 1.54) is 0 Å². The summed E-state index contributed by atoms with van der Waals surface area (Å²) in [4.78, 5) is 39.7. The number of piperazine rings is 1. The summed E-state index contributed by atoms with van der Waals surface area (Å²) in [5.74, 6) is -1.10. The normalized spacial score (nSPS) is 17.2. The van der Waals surface area contributed by atoms with Gasteiger partial charge >= 0.3 is 5.97 Å². The van der Waals surface area contributed by atoms with Crippen molar-refractivity contribution >= 4 is 29.2 Å². The molecule has 1 saturated carbocycles. The van der Waals surface area contributed by atoms with Gasteiger partial charge in [0.15, 0.2) is 0 Å². The van der Waals surface area contributed by atoms with E-state index in [-0.39, 0.29) is 23.3 Å². The predicted molar refractivity (Wildman–Crippen MR) is 107 cm³/mol. The first kappa shape index (κ1) is 20.1. The molecule has 2 amide bonds. The average molecular weight is 388 g/mol. The first-order valence-electron chi connectivity index (χ1n) is 9.90. The highest BCUT2D eigenvalue weighted by Gasteiger charge is 2.30. The number of rotatable bonds is 8. The third-order valence-corrected chi connectivity index (χ3v) is 5.12. The summed E-state index contributed by atoms with van der Waals surface area (Å²) in [6.45, 7) is 6.01. The second-order valence-electron chi connectivity index (χ2n) is 7.41. The van der Waals surface area contributed by atoms with Gasteiger partial charge in [-0.1, -0.05) is 6.92 Å². The third-order valence-electron chi connectivity index (χ3n) is 5.12. The van der Waals surface area contributed by atoms with Crippen LogP contribution in [0, 0.1) is 5.92 Å². The second kappa shape index (κ2) is 9.05. The average Bonchev–Trinajstić information content (AvgIpc) is 3.52. The minimum atomic E-state index is -1.06. The molecule has 0 atom stereocenters. The fraction of sp³-hybridized carbons (Fsp3) is 0.550. The van der Waals surface area contributed by atoms with E-state index in [4.69, 9.17) is 0 Å². The molecule has 1 saturated heterocycles. The van der Waals surface area contributed by atoms with E-state index in [9.17, 15) is 19.5 Å². The topological polar surface area (TPSA) is 102 Å². The highest BCUT2D eigenvalue weighted by molar-refractivity contribution is 6.02. The molecule has 0 unspecified atom stereocenters. The van der Waals surface area contributed by atoms with Crippen molar-refractivity contribution in [2.75, 3.05) is 49.5 Å². The zero-order chi connectivity index (χ0) is 20.1. The van der Waals surface area contributed by atoms with Crippen molar-refractivity contribution < 1.29 is 19.5 Å². The summed E-state index contributed by atoms with van der Waals surface area (Å²) in [5.41, 5.74) is 1.27. The summed E-state index contributed by atoms with van der Waals surface area (Å²) in [5, 5.41) is 15.2. The Hall–Kier alpha value is -2.61. The van der Waals surface area contributed by atoms with Crippen LogP contribution >= 0.6 is 0 Å². The zero-order valence-electron chi connectivity index (χ0n) is 16.2. The van der Waals surface area contributed by atoms with Gasteiger partial charge in [0.25, 0.3) is 0 Å². The van der Waals surface area contributed by atoms with Crippen molar-refractivity contribution in [3.05, 3.63) is 23.8 Å². The number of aromatic carboxylic acids is 1. The maximum Gasteiger partial charge on any atom is 0.337 e. The van der Waals surface area contributed by atoms with E-state index < -0.39 is 5.97 Å². The fourth-order valence-electron chi connectivity index (χ4n) is 3.28. The van der Waals surface area contributed by atoms with E-state index in [1.807, 2.05) is 13.0 Å². The lowest BCUT2D eigenvalue weighted by atomic mass is 10.1. The molecular formula is C20H28N4O4. The Morgan fingerprint density at radius 1 is 1.14 bits per heavy atom. The quantitative estimate of drug-likeness (QED) is 0.622. The number of amides is 2. The number of carbonyl (C=O) groups is 3. The lowest BCUT2D eigenvalue weighted by molar-refractivity contribution is -0.122. The zero-order valence-corrected chi connectivity index (χ0v) is 16.2. The molecule has 0 spiro atoms. The Labute approximate surface area is 164 Å². The first-order chi connectivity index (χ1) is 13.5. The van der Waals surface area contributed by atoms with E-state index in [1.54, 1.807) is 12.1 Å². The van der Waals surface area contributed by atoms with Crippen LogP contribution in [0.1, 0.15) is 36.5 Å². The molecule has 0 aromatic heterocycles. The summed E-state index contributed by atoms with van der Waals surface area (Å²) >= 11 is 0. The molecule has 0 radical (unpaired) electrons. The molecule has 1 aliphatic heterocycles. The number of carbonyl (C=O) groups excluding carboxylic acids is 2. The number of hydrogen-bond acceptors (Lipinski definition) is 5. The summed E-state index contributed by atoms with van der Waals surface area (Å²) in [7, 11) is 0. The lowest BCUT2D eigenvalue weighted by Gasteiger charge is -2.36. The van der Waals surface area contributed by atoms with Gasteiger partial charge in [0.2, 0.25) is 11.8 Å². The smallest absolute Gasteiger partial charge is 0.337 e. The first-order valence-corrected chi connectivity index (χ1v) is 9.90. The number of nitrogens with zero attached hydrogens (tertiary/aromatic N) is 2. The van der Waals surface area contributed by atoms with Crippen LogP contribution in [0.2, 0.25) is 0 Å². The maximum atomic E-state index is 12.0. The SMILES string of the molecule is CCCNC(=O)CN1CCN(c2ccc(NC(=O)C3CC3)c(C(=O)O)c2)CC1. The number of carboxylic acids is 1. The fourth-order valence-corrected chi connectivity index (χ4v) is 3.28. The van der Waals surface area contributed by atoms with E-state index in [2.05, 4.69) is 20.4 Å². The molecule has 1 aromatic carbocycles. The van der Waals surface area contributed by atoms with Crippen molar-refractivity contribution in [1.82, 2.24) is 10.2 Å². The summed E-state index contributed by atoms with van der Waals surface area (Å²) in [6.07, 6.45) is 2.66. The van der Waals surface area contributed by atoms with Crippen LogP contribution in [0.15, 0.2) is 18.2 Å². The third kappa shape index (κ3) is 5.22. The molecule has 1 aromatic rings. The Morgan fingerprint density at radius 3 is 2.46 bits per heavy atom. The van der Waals surface area contributed by atoms with Crippen LogP contribution in [0.4, 0.5) is 11.4 Å². The van der Waals surface area contributed by atoms with Crippen LogP contribution in [-0.4, -0.2) is 67.1 Å². The van der Waals surface area contributed by atoms with E-state index in [0.717, 1.165) is 38.0 Å². The highest BCUT2D eigenvalue weighted by Crippen LogP contribution is 2.31. The van der Waals surface area contributed by atoms with Crippen molar-refractivity contribution in [2.24, 2.45) is 5.92 Å². The van der Waals surface area contributed by atoms with Gasteiger partial charge < -0.3 is 20.6 Å². The van der Waals surface area contributed by atoms with Crippen LogP contribution < -0.4 is 15.5 Å². The predicted octanol–water partition coefficient (Wildman–Crippen LogP) is 1.38. The molecule has 28 heavy (non-hydrogen) atoms. The molecule has 2 fully saturated rings. The molecule has 8 heteroatoms. The summed E-state index contributed by atoms with van der Waals surface area (Å²) < 4.78 is 0. The molecule has 2 aliphatic rings. The van der Waals surface area contributed by atoms with E-state index >= 15 is 0 Å². The number of hydrogen-bond donors (Lipinski definition) is 3. The number of carboxylic acid groups (broad SMARTS) is 1. The molecule has 0 bridgehead atoms. The lowest BCUT2D eigenvalue weighted by Crippen LogP contribution is -2.49. The molecule has 1 aliphatic carbocycles. The van der Waals surface area contributed by atoms with Gasteiger partial charge in [-0.2, -0.15) is 0 Å². The molecular weight excluding hydrogens is 360 g/mol. The molecule has 3 rings (SSSR count). The summed E-state index contributed by atoms with van der Waals surface area (Å²) in [6, 6.07) is 5.14. The van der Waals surface area contributed by atoms with E-state index in [0.29, 0.717) is 31.9 Å². The molecule has 1 heterocycles. The maximum absolute atomic E-state index is 12.0. The molecule has 3 N–H and O–H groups in total. The minimum Gasteiger partial charge on any atom is -0.478 e. The second-order valence-corrected chi connectivity index (χ2v) is 7.41. The van der Waals surface area contributed by atoms with Crippen LogP contribution in [0.5, 0.6) is 0 Å². The molecule has 8 nitrogen and oxygen atoms in total. The Bertz CT molecular complexity index is 740. The van der Waals surface area contributed by atoms with Gasteiger partial charge in [-0.05, 0) is 37.5 Å². The monoisotopic (exact) mass is 388 g/mol. The van der Waals surface area contributed by atoms with Gasteiger partial charge in [-0.15, -0.1) is 0 Å².